The summed E-state index contributed by atoms with van der Waals surface area (Å²) in [5.41, 5.74) is -2.10. The van der Waals surface area contributed by atoms with Gasteiger partial charge >= 0.3 is 11.9 Å². The average molecular weight is 604 g/mol. The largest absolute Gasteiger partial charge is 0.481 e. The van der Waals surface area contributed by atoms with Crippen LogP contribution in [0, 0.1) is 17.3 Å². The summed E-state index contributed by atoms with van der Waals surface area (Å²) in [4.78, 5) is 27.8. The first kappa shape index (κ1) is 31.4. The molecule has 1 saturated heterocycles. The van der Waals surface area contributed by atoms with Crippen LogP contribution < -0.4 is 10.6 Å². The van der Waals surface area contributed by atoms with E-state index in [1.165, 1.54) is 7.11 Å². The van der Waals surface area contributed by atoms with E-state index in [0.29, 0.717) is 42.0 Å². The number of aliphatic hydroxyl groups is 4. The van der Waals surface area contributed by atoms with Gasteiger partial charge in [0.1, 0.15) is 24.1 Å². The number of esters is 1. The number of H-pyrrole nitrogens is 1. The maximum atomic E-state index is 12.8. The van der Waals surface area contributed by atoms with Crippen LogP contribution >= 0.6 is 0 Å². The number of ether oxygens (including phenoxy) is 4. The first-order valence-corrected chi connectivity index (χ1v) is 14.8. The van der Waals surface area contributed by atoms with Crippen molar-refractivity contribution in [3.05, 3.63) is 47.1 Å². The van der Waals surface area contributed by atoms with Gasteiger partial charge in [-0.2, -0.15) is 0 Å². The Morgan fingerprint density at radius 1 is 1.21 bits per heavy atom. The minimum Gasteiger partial charge on any atom is -0.481 e. The van der Waals surface area contributed by atoms with Gasteiger partial charge in [-0.25, -0.2) is 4.79 Å². The van der Waals surface area contributed by atoms with Crippen LogP contribution in [0.5, 0.6) is 0 Å². The molecule has 6 N–H and O–H groups in total. The molecule has 1 saturated carbocycles. The molecule has 1 aromatic heterocycles. The predicted octanol–water partition coefficient (Wildman–Crippen LogP) is -0.164. The summed E-state index contributed by atoms with van der Waals surface area (Å²) in [6.45, 7) is 3.29. The van der Waals surface area contributed by atoms with Crippen LogP contribution in [0.15, 0.2) is 36.6 Å². The summed E-state index contributed by atoms with van der Waals surface area (Å²) >= 11 is 0. The van der Waals surface area contributed by atoms with Crippen molar-refractivity contribution in [3.8, 4) is 0 Å². The van der Waals surface area contributed by atoms with E-state index in [2.05, 4.69) is 11.6 Å². The second-order valence-electron chi connectivity index (χ2n) is 11.9. The molecule has 12 nitrogen and oxygen atoms in total. The zero-order valence-corrected chi connectivity index (χ0v) is 24.2. The van der Waals surface area contributed by atoms with Crippen LogP contribution in [0.3, 0.4) is 0 Å². The first-order valence-electron chi connectivity index (χ1n) is 14.8. The van der Waals surface area contributed by atoms with Gasteiger partial charge in [-0.1, -0.05) is 25.0 Å². The highest BCUT2D eigenvalue weighted by Crippen LogP contribution is 2.54. The van der Waals surface area contributed by atoms with Gasteiger partial charge in [0.15, 0.2) is 11.9 Å². The molecule has 2 fully saturated rings. The Hall–Kier alpha value is -3.00. The molecule has 43 heavy (non-hydrogen) atoms. The van der Waals surface area contributed by atoms with Crippen LogP contribution in [-0.2, 0) is 28.5 Å². The minimum atomic E-state index is -1.66. The van der Waals surface area contributed by atoms with Gasteiger partial charge in [0.2, 0.25) is 0 Å². The molecule has 236 valence electrons. The fraction of sp³-hybridized carbons (Fsp3) is 0.613. The zero-order chi connectivity index (χ0) is 30.9. The zero-order valence-electron chi connectivity index (χ0n) is 24.2. The summed E-state index contributed by atoms with van der Waals surface area (Å²) in [6.07, 6.45) is 3.39. The smallest absolute Gasteiger partial charge is 0.333 e. The molecule has 1 aromatic rings. The number of rotatable bonds is 10. The van der Waals surface area contributed by atoms with Crippen LogP contribution in [0.25, 0.3) is 11.8 Å². The topological polar surface area (TPSA) is 188 Å². The summed E-state index contributed by atoms with van der Waals surface area (Å²) in [7, 11) is 1.25. The third-order valence-electron chi connectivity index (χ3n) is 9.46. The van der Waals surface area contributed by atoms with Crippen molar-refractivity contribution in [1.82, 2.24) is 4.98 Å². The van der Waals surface area contributed by atoms with E-state index in [0.717, 1.165) is 12.8 Å². The number of carbonyl (C=O) groups is 2. The molecule has 3 heterocycles. The Labute approximate surface area is 248 Å². The van der Waals surface area contributed by atoms with E-state index < -0.39 is 72.1 Å². The molecule has 0 unspecified atom stereocenters. The van der Waals surface area contributed by atoms with E-state index in [1.54, 1.807) is 30.5 Å². The number of aromatic amines is 1. The molecular formula is C31H41NO11. The number of aliphatic carboxylic acids is 1. The summed E-state index contributed by atoms with van der Waals surface area (Å²) in [6, 6.07) is 1.78. The number of hydrogen-bond acceptors (Lipinski definition) is 10. The number of fused-ring (bicyclic) bond motifs is 1. The van der Waals surface area contributed by atoms with Crippen LogP contribution in [0.1, 0.15) is 44.9 Å². The van der Waals surface area contributed by atoms with Crippen molar-refractivity contribution in [2.24, 2.45) is 17.3 Å². The molecule has 4 aliphatic rings. The standard InChI is InChI=1S/C31H41NO11/c1-3-18-19(13-23(35)36)20(28(39)40-2)15-30(9-4-5-10-30)27(18)42-29-25(37)26(38)31(22(16-34)41-29)14-17-8-11-32-24(17)21(43-31)7-6-12-33/h3,8,11,14-15,18-19,22,25-27,29,32-34,37-38H,1,4-7,9-10,12-13,16H2,2H3,(H,35,36)/t18-,19+,22-,25-,26-,27+,29+,31-/m1/s1. The number of aromatic nitrogens is 1. The van der Waals surface area contributed by atoms with Crippen molar-refractivity contribution in [2.75, 3.05) is 20.3 Å². The van der Waals surface area contributed by atoms with Crippen LogP contribution in [-0.4, -0.2) is 99.1 Å². The van der Waals surface area contributed by atoms with Crippen molar-refractivity contribution in [1.29, 1.82) is 0 Å². The van der Waals surface area contributed by atoms with Gasteiger partial charge in [0, 0.05) is 47.3 Å². The van der Waals surface area contributed by atoms with Gasteiger partial charge in [-0.05, 0) is 31.4 Å². The summed E-state index contributed by atoms with van der Waals surface area (Å²) in [5.74, 6) is -2.75. The molecule has 8 atom stereocenters. The highest BCUT2D eigenvalue weighted by molar-refractivity contribution is 5.90. The van der Waals surface area contributed by atoms with Gasteiger partial charge in [0.05, 0.1) is 31.6 Å². The summed E-state index contributed by atoms with van der Waals surface area (Å²) < 4.78 is 24.0. The third-order valence-corrected chi connectivity index (χ3v) is 9.46. The lowest BCUT2D eigenvalue weighted by molar-refractivity contribution is -0.335. The quantitative estimate of drug-likeness (QED) is 0.154. The Kier molecular flexibility index (Phi) is 9.17. The Balaban J connectivity index is 1.50. The number of carbonyl (C=O) groups excluding carboxylic acids is 1. The number of carboxylic acids is 1. The number of hydrogen-bond donors (Lipinski definition) is 6. The lowest BCUT2D eigenvalue weighted by atomic mass is 9.62. The SMILES string of the molecule is C=C[C@@H]1[C@H](CC(=O)O)C(C(=O)OC)=CC2(CCCC2)[C@H]1O[C@@H]1O[C@H](CO)[C@]2(C=c3cc[nH]c3=C(CCCO)O2)[C@H](O)[C@H]1O. The summed E-state index contributed by atoms with van der Waals surface area (Å²) in [5, 5.41) is 54.1. The molecular weight excluding hydrogens is 562 g/mol. The molecule has 2 aliphatic carbocycles. The first-order chi connectivity index (χ1) is 20.6. The van der Waals surface area contributed by atoms with Gasteiger partial charge in [-0.3, -0.25) is 4.79 Å². The van der Waals surface area contributed by atoms with E-state index in [9.17, 15) is 35.1 Å². The second-order valence-corrected chi connectivity index (χ2v) is 11.9. The van der Waals surface area contributed by atoms with Crippen molar-refractivity contribution >= 4 is 23.8 Å². The normalized spacial score (nSPS) is 34.7. The molecule has 2 aliphatic heterocycles. The van der Waals surface area contributed by atoms with Gasteiger partial charge < -0.3 is 49.5 Å². The maximum absolute atomic E-state index is 12.8. The Morgan fingerprint density at radius 2 is 1.95 bits per heavy atom. The fourth-order valence-electron chi connectivity index (χ4n) is 7.44. The van der Waals surface area contributed by atoms with E-state index in [4.69, 9.17) is 18.9 Å². The number of carboxylic acid groups (broad SMARTS) is 1. The minimum absolute atomic E-state index is 0.0801. The molecule has 0 radical (unpaired) electrons. The molecule has 5 rings (SSSR count). The van der Waals surface area contributed by atoms with Crippen molar-refractivity contribution in [3.63, 3.8) is 0 Å². The third kappa shape index (κ3) is 5.45. The Morgan fingerprint density at radius 3 is 2.58 bits per heavy atom. The Bertz CT molecular complexity index is 1360. The monoisotopic (exact) mass is 603 g/mol. The molecule has 0 aromatic carbocycles. The van der Waals surface area contributed by atoms with E-state index >= 15 is 0 Å². The number of aliphatic hydroxyl groups excluding tert-OH is 4. The highest BCUT2D eigenvalue weighted by Gasteiger charge is 2.60. The van der Waals surface area contributed by atoms with Crippen LogP contribution in [0.2, 0.25) is 0 Å². The second kappa shape index (κ2) is 12.5. The number of nitrogens with one attached hydrogen (secondary N) is 1. The average Bonchev–Trinajstić information content (AvgIpc) is 3.67. The predicted molar refractivity (Wildman–Crippen MR) is 151 cm³/mol. The van der Waals surface area contributed by atoms with E-state index in [1.807, 2.05) is 0 Å². The van der Waals surface area contributed by atoms with Crippen molar-refractivity contribution in [2.45, 2.75) is 81.3 Å². The molecule has 0 bridgehead atoms. The lowest BCUT2D eigenvalue weighted by Gasteiger charge is -2.53. The lowest BCUT2D eigenvalue weighted by Crippen LogP contribution is -2.69. The maximum Gasteiger partial charge on any atom is 0.333 e. The molecule has 0 amide bonds. The van der Waals surface area contributed by atoms with E-state index in [-0.39, 0.29) is 18.6 Å². The molecule has 12 heteroatoms. The number of methoxy groups -OCH3 is 1. The van der Waals surface area contributed by atoms with Gasteiger partial charge in [-0.15, -0.1) is 6.58 Å². The van der Waals surface area contributed by atoms with Gasteiger partial charge in [0.25, 0.3) is 0 Å². The highest BCUT2D eigenvalue weighted by atomic mass is 16.7. The van der Waals surface area contributed by atoms with Crippen molar-refractivity contribution < 1.29 is 54.1 Å². The van der Waals surface area contributed by atoms with Crippen LogP contribution in [0.4, 0.5) is 0 Å². The molecule has 2 spiro atoms. The fourth-order valence-corrected chi connectivity index (χ4v) is 7.44.